The fourth-order valence-corrected chi connectivity index (χ4v) is 2.71. The van der Waals surface area contributed by atoms with Crippen LogP contribution in [0.1, 0.15) is 18.0 Å². The monoisotopic (exact) mass is 323 g/mol. The topological polar surface area (TPSA) is 64.9 Å². The van der Waals surface area contributed by atoms with Crippen LogP contribution >= 0.6 is 27.3 Å². The highest BCUT2D eigenvalue weighted by Crippen LogP contribution is 2.28. The lowest BCUT2D eigenvalue weighted by molar-refractivity contribution is 0.616. The molecule has 1 atom stereocenters. The van der Waals surface area contributed by atoms with Gasteiger partial charge >= 0.3 is 0 Å². The van der Waals surface area contributed by atoms with Gasteiger partial charge in [-0.3, -0.25) is 0 Å². The quantitative estimate of drug-likeness (QED) is 0.780. The number of rotatable bonds is 2. The molecule has 92 valence electrons. The minimum atomic E-state index is -0.0673. The van der Waals surface area contributed by atoms with Crippen molar-refractivity contribution in [3.05, 3.63) is 33.1 Å². The third-order valence-electron chi connectivity index (χ3n) is 2.48. The minimum absolute atomic E-state index is 0.0673. The molecule has 0 saturated heterocycles. The molecule has 0 aliphatic heterocycles. The fourth-order valence-electron chi connectivity index (χ4n) is 1.61. The summed E-state index contributed by atoms with van der Waals surface area (Å²) >= 11 is 4.93. The minimum Gasteiger partial charge on any atom is -0.435 e. The Hall–Kier alpha value is -1.24. The fraction of sp³-hybridized carbons (Fsp3) is 0.167. The van der Waals surface area contributed by atoms with Gasteiger partial charge in [-0.05, 0) is 25.1 Å². The molecular formula is C12H10BrN3OS. The second-order valence-electron chi connectivity index (χ2n) is 3.99. The van der Waals surface area contributed by atoms with E-state index < -0.39 is 0 Å². The summed E-state index contributed by atoms with van der Waals surface area (Å²) in [5.41, 5.74) is 8.09. The Morgan fingerprint density at radius 1 is 1.39 bits per heavy atom. The van der Waals surface area contributed by atoms with Gasteiger partial charge < -0.3 is 10.2 Å². The molecule has 1 aromatic carbocycles. The molecule has 4 nitrogen and oxygen atoms in total. The van der Waals surface area contributed by atoms with E-state index in [0.717, 1.165) is 26.3 Å². The SMILES string of the molecule is CC(N)c1nc(-c2nc3cc(Br)ccc3o2)cs1. The van der Waals surface area contributed by atoms with Crippen molar-refractivity contribution in [2.24, 2.45) is 5.73 Å². The molecule has 0 aliphatic rings. The normalized spacial score (nSPS) is 13.1. The van der Waals surface area contributed by atoms with Crippen molar-refractivity contribution in [3.63, 3.8) is 0 Å². The van der Waals surface area contributed by atoms with Crippen molar-refractivity contribution >= 4 is 38.4 Å². The van der Waals surface area contributed by atoms with Crippen LogP contribution in [0, 0.1) is 0 Å². The van der Waals surface area contributed by atoms with Gasteiger partial charge in [0.15, 0.2) is 5.58 Å². The second-order valence-corrected chi connectivity index (χ2v) is 5.80. The number of hydrogen-bond acceptors (Lipinski definition) is 5. The number of thiazole rings is 1. The lowest BCUT2D eigenvalue weighted by Gasteiger charge is -1.95. The van der Waals surface area contributed by atoms with E-state index in [1.807, 2.05) is 30.5 Å². The first kappa shape index (κ1) is 11.8. The van der Waals surface area contributed by atoms with E-state index >= 15 is 0 Å². The molecule has 3 aromatic rings. The summed E-state index contributed by atoms with van der Waals surface area (Å²) in [4.78, 5) is 8.85. The number of halogens is 1. The van der Waals surface area contributed by atoms with Crippen LogP contribution in [0.4, 0.5) is 0 Å². The van der Waals surface area contributed by atoms with Crippen LogP contribution in [-0.4, -0.2) is 9.97 Å². The molecule has 0 amide bonds. The summed E-state index contributed by atoms with van der Waals surface area (Å²) in [6.07, 6.45) is 0. The predicted molar refractivity (Wildman–Crippen MR) is 75.4 cm³/mol. The Morgan fingerprint density at radius 2 is 2.22 bits per heavy atom. The Bertz CT molecular complexity index is 704. The Balaban J connectivity index is 2.07. The number of aromatic nitrogens is 2. The Morgan fingerprint density at radius 3 is 2.94 bits per heavy atom. The van der Waals surface area contributed by atoms with Crippen LogP contribution in [0.25, 0.3) is 22.7 Å². The number of fused-ring (bicyclic) bond motifs is 1. The van der Waals surface area contributed by atoms with Crippen LogP contribution in [0.5, 0.6) is 0 Å². The van der Waals surface area contributed by atoms with Gasteiger partial charge in [0.2, 0.25) is 5.89 Å². The number of benzene rings is 1. The highest BCUT2D eigenvalue weighted by Gasteiger charge is 2.13. The van der Waals surface area contributed by atoms with E-state index in [2.05, 4.69) is 25.9 Å². The first-order chi connectivity index (χ1) is 8.63. The van der Waals surface area contributed by atoms with E-state index in [4.69, 9.17) is 10.2 Å². The lowest BCUT2D eigenvalue weighted by atomic mass is 10.3. The second kappa shape index (κ2) is 4.46. The first-order valence-corrected chi connectivity index (χ1v) is 7.08. The molecule has 0 saturated carbocycles. The van der Waals surface area contributed by atoms with Crippen molar-refractivity contribution < 1.29 is 4.42 Å². The summed E-state index contributed by atoms with van der Waals surface area (Å²) in [6.45, 7) is 1.91. The molecule has 18 heavy (non-hydrogen) atoms. The van der Waals surface area contributed by atoms with Gasteiger partial charge in [0, 0.05) is 9.85 Å². The van der Waals surface area contributed by atoms with E-state index in [-0.39, 0.29) is 6.04 Å². The van der Waals surface area contributed by atoms with Crippen molar-refractivity contribution in [3.8, 4) is 11.6 Å². The third kappa shape index (κ3) is 2.07. The van der Waals surface area contributed by atoms with Crippen LogP contribution in [-0.2, 0) is 0 Å². The number of nitrogens with zero attached hydrogens (tertiary/aromatic N) is 2. The number of nitrogens with two attached hydrogens (primary N) is 1. The maximum Gasteiger partial charge on any atom is 0.247 e. The molecule has 6 heteroatoms. The molecule has 0 spiro atoms. The summed E-state index contributed by atoms with van der Waals surface area (Å²) in [6, 6.07) is 5.66. The average Bonchev–Trinajstić information content (AvgIpc) is 2.93. The van der Waals surface area contributed by atoms with E-state index in [1.54, 1.807) is 0 Å². The van der Waals surface area contributed by atoms with Gasteiger partial charge in [-0.1, -0.05) is 15.9 Å². The highest BCUT2D eigenvalue weighted by atomic mass is 79.9. The zero-order valence-electron chi connectivity index (χ0n) is 9.55. The highest BCUT2D eigenvalue weighted by molar-refractivity contribution is 9.10. The zero-order valence-corrected chi connectivity index (χ0v) is 12.0. The van der Waals surface area contributed by atoms with Crippen LogP contribution in [0.3, 0.4) is 0 Å². The first-order valence-electron chi connectivity index (χ1n) is 5.41. The van der Waals surface area contributed by atoms with Crippen LogP contribution in [0.2, 0.25) is 0 Å². The predicted octanol–water partition coefficient (Wildman–Crippen LogP) is 3.73. The van der Waals surface area contributed by atoms with E-state index in [0.29, 0.717) is 5.89 Å². The smallest absolute Gasteiger partial charge is 0.247 e. The third-order valence-corrected chi connectivity index (χ3v) is 4.02. The van der Waals surface area contributed by atoms with Gasteiger partial charge in [-0.2, -0.15) is 0 Å². The van der Waals surface area contributed by atoms with Crippen LogP contribution < -0.4 is 5.73 Å². The van der Waals surface area contributed by atoms with Gasteiger partial charge in [0.25, 0.3) is 0 Å². The van der Waals surface area contributed by atoms with Gasteiger partial charge in [0.05, 0.1) is 6.04 Å². The summed E-state index contributed by atoms with van der Waals surface area (Å²) in [5.74, 6) is 0.534. The van der Waals surface area contributed by atoms with Crippen molar-refractivity contribution in [1.82, 2.24) is 9.97 Å². The molecule has 3 rings (SSSR count). The summed E-state index contributed by atoms with van der Waals surface area (Å²) in [5, 5.41) is 2.80. The Kier molecular flexibility index (Phi) is 2.93. The molecule has 1 unspecified atom stereocenters. The molecule has 0 bridgehead atoms. The number of oxazole rings is 1. The lowest BCUT2D eigenvalue weighted by Crippen LogP contribution is -2.03. The average molecular weight is 324 g/mol. The maximum atomic E-state index is 5.79. The Labute approximate surface area is 116 Å². The van der Waals surface area contributed by atoms with Crippen LogP contribution in [0.15, 0.2) is 32.5 Å². The van der Waals surface area contributed by atoms with Gasteiger partial charge in [-0.25, -0.2) is 9.97 Å². The van der Waals surface area contributed by atoms with Crippen molar-refractivity contribution in [2.75, 3.05) is 0 Å². The number of hydrogen-bond donors (Lipinski definition) is 1. The largest absolute Gasteiger partial charge is 0.435 e. The standard InChI is InChI=1S/C12H10BrN3OS/c1-6(14)12-16-9(5-18-12)11-15-8-4-7(13)2-3-10(8)17-11/h2-6H,14H2,1H3. The van der Waals surface area contributed by atoms with E-state index in [1.165, 1.54) is 11.3 Å². The molecule has 0 aliphatic carbocycles. The molecular weight excluding hydrogens is 314 g/mol. The summed E-state index contributed by atoms with van der Waals surface area (Å²) < 4.78 is 6.65. The van der Waals surface area contributed by atoms with Crippen molar-refractivity contribution in [2.45, 2.75) is 13.0 Å². The summed E-state index contributed by atoms with van der Waals surface area (Å²) in [7, 11) is 0. The molecule has 2 heterocycles. The van der Waals surface area contributed by atoms with E-state index in [9.17, 15) is 0 Å². The maximum absolute atomic E-state index is 5.79. The molecule has 0 fully saturated rings. The van der Waals surface area contributed by atoms with Gasteiger partial charge in [0.1, 0.15) is 16.2 Å². The molecule has 2 aromatic heterocycles. The zero-order chi connectivity index (χ0) is 12.7. The van der Waals surface area contributed by atoms with Gasteiger partial charge in [-0.15, -0.1) is 11.3 Å². The molecule has 0 radical (unpaired) electrons. The molecule has 2 N–H and O–H groups in total. The van der Waals surface area contributed by atoms with Crippen molar-refractivity contribution in [1.29, 1.82) is 0 Å².